The van der Waals surface area contributed by atoms with Crippen molar-refractivity contribution in [2.45, 2.75) is 33.6 Å². The molecule has 24 heavy (non-hydrogen) atoms. The van der Waals surface area contributed by atoms with Crippen molar-refractivity contribution >= 4 is 17.9 Å². The molecule has 0 heterocycles. The molecule has 0 aliphatic rings. The van der Waals surface area contributed by atoms with Gasteiger partial charge in [-0.05, 0) is 39.5 Å². The summed E-state index contributed by atoms with van der Waals surface area (Å²) in [6.45, 7) is 15.6. The molecule has 0 rings (SSSR count). The quantitative estimate of drug-likeness (QED) is 0.327. The molecule has 0 spiro atoms. The van der Waals surface area contributed by atoms with Crippen molar-refractivity contribution in [1.82, 2.24) is 0 Å². The molecule has 0 aromatic heterocycles. The second-order valence-corrected chi connectivity index (χ2v) is 5.65. The molecule has 134 valence electrons. The van der Waals surface area contributed by atoms with Crippen molar-refractivity contribution in [3.8, 4) is 0 Å². The Morgan fingerprint density at radius 2 is 1.04 bits per heavy atom. The first-order valence-electron chi connectivity index (χ1n) is 7.63. The van der Waals surface area contributed by atoms with Crippen LogP contribution in [-0.4, -0.2) is 37.7 Å². The standard InChI is InChI=1S/C18H26O6/c1-12(2)16(19)22-9-7-15(11-24-18(21)14(5)6)8-10-23-17(20)13(3)4/h15H,1,3,5,7-11H2,2,4,6H3. The van der Waals surface area contributed by atoms with Gasteiger partial charge in [0.15, 0.2) is 0 Å². The maximum atomic E-state index is 11.5. The largest absolute Gasteiger partial charge is 0.462 e. The van der Waals surface area contributed by atoms with Crippen LogP contribution in [0.25, 0.3) is 0 Å². The molecular formula is C18H26O6. The van der Waals surface area contributed by atoms with Gasteiger partial charge >= 0.3 is 17.9 Å². The summed E-state index contributed by atoms with van der Waals surface area (Å²) in [5.41, 5.74) is 0.933. The van der Waals surface area contributed by atoms with Crippen molar-refractivity contribution in [3.63, 3.8) is 0 Å². The van der Waals surface area contributed by atoms with E-state index in [0.29, 0.717) is 29.6 Å². The van der Waals surface area contributed by atoms with E-state index in [0.717, 1.165) is 0 Å². The van der Waals surface area contributed by atoms with Gasteiger partial charge in [-0.1, -0.05) is 19.7 Å². The summed E-state index contributed by atoms with van der Waals surface area (Å²) >= 11 is 0. The molecule has 0 atom stereocenters. The fraction of sp³-hybridized carbons (Fsp3) is 0.500. The van der Waals surface area contributed by atoms with Crippen LogP contribution >= 0.6 is 0 Å². The summed E-state index contributed by atoms with van der Waals surface area (Å²) in [5, 5.41) is 0. The summed E-state index contributed by atoms with van der Waals surface area (Å²) in [6.07, 6.45) is 0.931. The second kappa shape index (κ2) is 11.2. The number of hydrogen-bond donors (Lipinski definition) is 0. The van der Waals surface area contributed by atoms with Crippen molar-refractivity contribution in [3.05, 3.63) is 36.5 Å². The monoisotopic (exact) mass is 338 g/mol. The lowest BCUT2D eigenvalue weighted by Crippen LogP contribution is -2.20. The third kappa shape index (κ3) is 9.61. The molecule has 0 saturated carbocycles. The Balaban J connectivity index is 4.42. The SMILES string of the molecule is C=C(C)C(=O)OCCC(CCOC(=O)C(=C)C)COC(=O)C(=C)C. The molecule has 0 N–H and O–H groups in total. The third-order valence-corrected chi connectivity index (χ3v) is 3.01. The summed E-state index contributed by atoms with van der Waals surface area (Å²) < 4.78 is 15.2. The number of esters is 3. The van der Waals surface area contributed by atoms with Gasteiger partial charge < -0.3 is 14.2 Å². The van der Waals surface area contributed by atoms with Gasteiger partial charge in [-0.2, -0.15) is 0 Å². The van der Waals surface area contributed by atoms with Gasteiger partial charge in [0, 0.05) is 16.7 Å². The van der Waals surface area contributed by atoms with Gasteiger partial charge in [-0.25, -0.2) is 14.4 Å². The zero-order valence-corrected chi connectivity index (χ0v) is 14.7. The van der Waals surface area contributed by atoms with E-state index >= 15 is 0 Å². The lowest BCUT2D eigenvalue weighted by atomic mass is 10.0. The summed E-state index contributed by atoms with van der Waals surface area (Å²) in [5.74, 6) is -1.55. The van der Waals surface area contributed by atoms with Crippen LogP contribution in [0.1, 0.15) is 33.6 Å². The minimum atomic E-state index is -0.488. The van der Waals surface area contributed by atoms with Crippen LogP contribution in [0.3, 0.4) is 0 Å². The van der Waals surface area contributed by atoms with E-state index in [1.165, 1.54) is 0 Å². The molecule has 0 aromatic rings. The first-order chi connectivity index (χ1) is 11.1. The molecule has 0 amide bonds. The number of carbonyl (C=O) groups is 3. The topological polar surface area (TPSA) is 78.9 Å². The summed E-state index contributed by atoms with van der Waals surface area (Å²) in [4.78, 5) is 34.2. The number of rotatable bonds is 11. The van der Waals surface area contributed by atoms with Crippen LogP contribution in [0.2, 0.25) is 0 Å². The van der Waals surface area contributed by atoms with Gasteiger partial charge in [0.25, 0.3) is 0 Å². The summed E-state index contributed by atoms with van der Waals surface area (Å²) in [6, 6.07) is 0. The van der Waals surface area contributed by atoms with E-state index in [4.69, 9.17) is 14.2 Å². The number of ether oxygens (including phenoxy) is 3. The lowest BCUT2D eigenvalue weighted by molar-refractivity contribution is -0.144. The Bertz CT molecular complexity index is 486. The maximum Gasteiger partial charge on any atom is 0.333 e. The molecule has 0 fully saturated rings. The van der Waals surface area contributed by atoms with Gasteiger partial charge in [-0.15, -0.1) is 0 Å². The Morgan fingerprint density at radius 3 is 1.38 bits per heavy atom. The lowest BCUT2D eigenvalue weighted by Gasteiger charge is -2.17. The predicted molar refractivity (Wildman–Crippen MR) is 90.0 cm³/mol. The molecule has 0 radical (unpaired) electrons. The van der Waals surface area contributed by atoms with Crippen molar-refractivity contribution in [2.75, 3.05) is 19.8 Å². The Kier molecular flexibility index (Phi) is 10.1. The van der Waals surface area contributed by atoms with E-state index in [-0.39, 0.29) is 25.7 Å². The molecule has 0 saturated heterocycles. The zero-order valence-electron chi connectivity index (χ0n) is 14.7. The van der Waals surface area contributed by atoms with Crippen molar-refractivity contribution in [2.24, 2.45) is 5.92 Å². The molecule has 0 bridgehead atoms. The van der Waals surface area contributed by atoms with Crippen LogP contribution in [0.5, 0.6) is 0 Å². The first kappa shape index (κ1) is 21.6. The van der Waals surface area contributed by atoms with E-state index in [9.17, 15) is 14.4 Å². The highest BCUT2D eigenvalue weighted by Gasteiger charge is 2.15. The van der Waals surface area contributed by atoms with E-state index < -0.39 is 17.9 Å². The third-order valence-electron chi connectivity index (χ3n) is 3.01. The van der Waals surface area contributed by atoms with E-state index in [1.54, 1.807) is 20.8 Å². The molecule has 0 aliphatic heterocycles. The summed E-state index contributed by atoms with van der Waals surface area (Å²) in [7, 11) is 0. The zero-order chi connectivity index (χ0) is 18.7. The first-order valence-corrected chi connectivity index (χ1v) is 7.63. The average molecular weight is 338 g/mol. The predicted octanol–water partition coefficient (Wildman–Crippen LogP) is 2.74. The Morgan fingerprint density at radius 1 is 0.708 bits per heavy atom. The van der Waals surface area contributed by atoms with E-state index in [1.807, 2.05) is 0 Å². The Hall–Kier alpha value is -2.37. The Labute approximate surface area is 143 Å². The number of hydrogen-bond acceptors (Lipinski definition) is 6. The molecule has 0 aliphatic carbocycles. The highest BCUT2D eigenvalue weighted by Crippen LogP contribution is 2.12. The van der Waals surface area contributed by atoms with Crippen LogP contribution in [0.4, 0.5) is 0 Å². The van der Waals surface area contributed by atoms with Gasteiger partial charge in [0.2, 0.25) is 0 Å². The minimum Gasteiger partial charge on any atom is -0.462 e. The molecular weight excluding hydrogens is 312 g/mol. The smallest absolute Gasteiger partial charge is 0.333 e. The maximum absolute atomic E-state index is 11.5. The fourth-order valence-electron chi connectivity index (χ4n) is 1.51. The van der Waals surface area contributed by atoms with Crippen LogP contribution in [0.15, 0.2) is 36.5 Å². The highest BCUT2D eigenvalue weighted by molar-refractivity contribution is 5.87. The molecule has 6 nitrogen and oxygen atoms in total. The van der Waals surface area contributed by atoms with Crippen LogP contribution in [0, 0.1) is 5.92 Å². The number of carbonyl (C=O) groups excluding carboxylic acids is 3. The van der Waals surface area contributed by atoms with Gasteiger partial charge in [0.05, 0.1) is 19.8 Å². The highest BCUT2D eigenvalue weighted by atomic mass is 16.5. The van der Waals surface area contributed by atoms with Crippen LogP contribution in [-0.2, 0) is 28.6 Å². The molecule has 0 aromatic carbocycles. The van der Waals surface area contributed by atoms with Gasteiger partial charge in [-0.3, -0.25) is 0 Å². The van der Waals surface area contributed by atoms with Crippen LogP contribution < -0.4 is 0 Å². The van der Waals surface area contributed by atoms with Crippen molar-refractivity contribution < 1.29 is 28.6 Å². The van der Waals surface area contributed by atoms with E-state index in [2.05, 4.69) is 19.7 Å². The average Bonchev–Trinajstić information content (AvgIpc) is 2.50. The molecule has 0 unspecified atom stereocenters. The van der Waals surface area contributed by atoms with Crippen molar-refractivity contribution in [1.29, 1.82) is 0 Å². The van der Waals surface area contributed by atoms with Gasteiger partial charge in [0.1, 0.15) is 0 Å². The minimum absolute atomic E-state index is 0.121. The second-order valence-electron chi connectivity index (χ2n) is 5.65. The fourth-order valence-corrected chi connectivity index (χ4v) is 1.51. The molecule has 6 heteroatoms. The normalized spacial score (nSPS) is 10.0.